The minimum absolute atomic E-state index is 0.00863. The van der Waals surface area contributed by atoms with Gasteiger partial charge in [0.05, 0.1) is 0 Å². The third-order valence-corrected chi connectivity index (χ3v) is 3.71. The average Bonchev–Trinajstić information content (AvgIpc) is 2.64. The van der Waals surface area contributed by atoms with Crippen molar-refractivity contribution >= 4 is 17.5 Å². The van der Waals surface area contributed by atoms with Crippen molar-refractivity contribution < 1.29 is 9.18 Å². The molecule has 0 N–H and O–H groups in total. The molecule has 98 valence electrons. The van der Waals surface area contributed by atoms with Gasteiger partial charge in [0.15, 0.2) is 0 Å². The van der Waals surface area contributed by atoms with Crippen molar-refractivity contribution in [2.75, 3.05) is 19.0 Å². The summed E-state index contributed by atoms with van der Waals surface area (Å²) in [5, 5.41) is 0. The summed E-state index contributed by atoms with van der Waals surface area (Å²) in [5.41, 5.74) is 1.10. The van der Waals surface area contributed by atoms with Gasteiger partial charge in [0.1, 0.15) is 11.7 Å². The molecule has 2 rings (SSSR count). The molecule has 1 aliphatic rings. The van der Waals surface area contributed by atoms with E-state index in [9.17, 15) is 9.18 Å². The molecule has 1 atom stereocenters. The van der Waals surface area contributed by atoms with Crippen LogP contribution in [0, 0.1) is 5.82 Å². The molecule has 1 fully saturated rings. The van der Waals surface area contributed by atoms with Crippen molar-refractivity contribution in [3.63, 3.8) is 0 Å². The van der Waals surface area contributed by atoms with E-state index in [0.29, 0.717) is 12.5 Å². The number of carbonyl (C=O) groups excluding carboxylic acids is 1. The van der Waals surface area contributed by atoms with Crippen molar-refractivity contribution in [3.05, 3.63) is 35.6 Å². The van der Waals surface area contributed by atoms with Gasteiger partial charge in [-0.2, -0.15) is 0 Å². The lowest BCUT2D eigenvalue weighted by Gasteiger charge is -2.24. The van der Waals surface area contributed by atoms with Crippen LogP contribution < -0.4 is 0 Å². The second-order valence-corrected chi connectivity index (χ2v) is 4.98. The van der Waals surface area contributed by atoms with E-state index in [1.165, 1.54) is 12.1 Å². The van der Waals surface area contributed by atoms with Crippen molar-refractivity contribution in [2.45, 2.75) is 25.2 Å². The molecule has 1 heterocycles. The zero-order chi connectivity index (χ0) is 13.0. The fraction of sp³-hybridized carbons (Fsp3) is 0.500. The Balaban J connectivity index is 2.11. The molecule has 0 spiro atoms. The van der Waals surface area contributed by atoms with Gasteiger partial charge in [-0.05, 0) is 30.5 Å². The van der Waals surface area contributed by atoms with Gasteiger partial charge >= 0.3 is 0 Å². The zero-order valence-electron chi connectivity index (χ0n) is 10.2. The number of hydrogen-bond acceptors (Lipinski definition) is 1. The molecule has 2 nitrogen and oxygen atoms in total. The fourth-order valence-electron chi connectivity index (χ4n) is 2.46. The van der Waals surface area contributed by atoms with Crippen LogP contribution in [0.3, 0.4) is 0 Å². The number of halogens is 2. The molecule has 1 aliphatic heterocycles. The second-order valence-electron chi connectivity index (χ2n) is 4.72. The van der Waals surface area contributed by atoms with Crippen LogP contribution in [-0.2, 0) is 4.79 Å². The molecule has 1 aromatic rings. The number of alkyl halides is 1. The van der Waals surface area contributed by atoms with Crippen LogP contribution >= 0.6 is 11.6 Å². The van der Waals surface area contributed by atoms with Crippen molar-refractivity contribution in [1.29, 1.82) is 0 Å². The Morgan fingerprint density at radius 1 is 1.33 bits per heavy atom. The lowest BCUT2D eigenvalue weighted by atomic mass is 9.94. The SMILES string of the molecule is O=C(CCl)N1CCCCC(c2ccc(F)cc2)C1. The molecule has 18 heavy (non-hydrogen) atoms. The van der Waals surface area contributed by atoms with E-state index in [0.717, 1.165) is 31.4 Å². The highest BCUT2D eigenvalue weighted by molar-refractivity contribution is 6.27. The first-order valence-corrected chi connectivity index (χ1v) is 6.83. The third-order valence-electron chi connectivity index (χ3n) is 3.48. The summed E-state index contributed by atoms with van der Waals surface area (Å²) in [6.45, 7) is 1.47. The van der Waals surface area contributed by atoms with Crippen molar-refractivity contribution in [2.24, 2.45) is 0 Å². The minimum atomic E-state index is -0.221. The first kappa shape index (κ1) is 13.3. The first-order valence-electron chi connectivity index (χ1n) is 6.30. The second kappa shape index (κ2) is 6.19. The van der Waals surface area contributed by atoms with Crippen molar-refractivity contribution in [3.8, 4) is 0 Å². The van der Waals surface area contributed by atoms with Gasteiger partial charge in [-0.1, -0.05) is 18.6 Å². The number of nitrogens with zero attached hydrogens (tertiary/aromatic N) is 1. The summed E-state index contributed by atoms with van der Waals surface area (Å²) >= 11 is 5.61. The minimum Gasteiger partial charge on any atom is -0.341 e. The molecule has 0 aliphatic carbocycles. The Morgan fingerprint density at radius 3 is 2.72 bits per heavy atom. The van der Waals surface area contributed by atoms with Crippen LogP contribution in [0.15, 0.2) is 24.3 Å². The Hall–Kier alpha value is -1.09. The highest BCUT2D eigenvalue weighted by Gasteiger charge is 2.22. The average molecular weight is 270 g/mol. The zero-order valence-corrected chi connectivity index (χ0v) is 11.0. The van der Waals surface area contributed by atoms with E-state index in [-0.39, 0.29) is 17.6 Å². The molecule has 0 aromatic heterocycles. The number of amides is 1. The number of carbonyl (C=O) groups is 1. The van der Waals surface area contributed by atoms with Gasteiger partial charge in [0.25, 0.3) is 0 Å². The van der Waals surface area contributed by atoms with E-state index >= 15 is 0 Å². The normalized spacial score (nSPS) is 20.6. The summed E-state index contributed by atoms with van der Waals surface area (Å²) in [6.07, 6.45) is 3.14. The summed E-state index contributed by atoms with van der Waals surface area (Å²) in [6, 6.07) is 6.59. The highest BCUT2D eigenvalue weighted by atomic mass is 35.5. The molecule has 1 amide bonds. The monoisotopic (exact) mass is 269 g/mol. The number of benzene rings is 1. The molecule has 1 aromatic carbocycles. The number of rotatable bonds is 2. The topological polar surface area (TPSA) is 20.3 Å². The number of likely N-dealkylation sites (tertiary alicyclic amines) is 1. The van der Waals surface area contributed by atoms with Crippen LogP contribution in [0.25, 0.3) is 0 Å². The number of hydrogen-bond donors (Lipinski definition) is 0. The molecule has 0 bridgehead atoms. The van der Waals surface area contributed by atoms with Gasteiger partial charge < -0.3 is 4.90 Å². The van der Waals surface area contributed by atoms with E-state index in [4.69, 9.17) is 11.6 Å². The van der Waals surface area contributed by atoms with Crippen LogP contribution in [0.2, 0.25) is 0 Å². The Kier molecular flexibility index (Phi) is 4.59. The summed E-state index contributed by atoms with van der Waals surface area (Å²) < 4.78 is 12.9. The van der Waals surface area contributed by atoms with Crippen LogP contribution in [0.1, 0.15) is 30.7 Å². The Bertz CT molecular complexity index is 407. The van der Waals surface area contributed by atoms with Gasteiger partial charge in [-0.25, -0.2) is 4.39 Å². The third kappa shape index (κ3) is 3.22. The predicted octanol–water partition coefficient (Wildman–Crippen LogP) is 3.16. The van der Waals surface area contributed by atoms with Gasteiger partial charge in [-0.3, -0.25) is 4.79 Å². The maximum absolute atomic E-state index is 12.9. The smallest absolute Gasteiger partial charge is 0.237 e. The van der Waals surface area contributed by atoms with Gasteiger partial charge in [0.2, 0.25) is 5.91 Å². The predicted molar refractivity (Wildman–Crippen MR) is 70.3 cm³/mol. The molecular weight excluding hydrogens is 253 g/mol. The van der Waals surface area contributed by atoms with Crippen LogP contribution in [0.4, 0.5) is 4.39 Å². The fourth-order valence-corrected chi connectivity index (χ4v) is 2.63. The Labute approximate surface area is 112 Å². The maximum Gasteiger partial charge on any atom is 0.237 e. The van der Waals surface area contributed by atoms with E-state index in [2.05, 4.69) is 0 Å². The molecular formula is C14H17ClFNO. The summed E-state index contributed by atoms with van der Waals surface area (Å²) in [7, 11) is 0. The van der Waals surface area contributed by atoms with Gasteiger partial charge in [0, 0.05) is 19.0 Å². The summed E-state index contributed by atoms with van der Waals surface area (Å²) in [4.78, 5) is 13.5. The molecule has 1 unspecified atom stereocenters. The molecule has 0 radical (unpaired) electrons. The first-order chi connectivity index (χ1) is 8.70. The largest absolute Gasteiger partial charge is 0.341 e. The van der Waals surface area contributed by atoms with Gasteiger partial charge in [-0.15, -0.1) is 11.6 Å². The Morgan fingerprint density at radius 2 is 2.06 bits per heavy atom. The van der Waals surface area contributed by atoms with E-state index in [1.54, 1.807) is 0 Å². The molecule has 4 heteroatoms. The standard InChI is InChI=1S/C14H17ClFNO/c15-9-14(18)17-8-2-1-3-12(10-17)11-4-6-13(16)7-5-11/h4-7,12H,1-3,8-10H2. The molecule has 0 saturated carbocycles. The van der Waals surface area contributed by atoms with E-state index in [1.807, 2.05) is 17.0 Å². The molecule has 1 saturated heterocycles. The lowest BCUT2D eigenvalue weighted by Crippen LogP contribution is -2.34. The lowest BCUT2D eigenvalue weighted by molar-refractivity contribution is -0.128. The summed E-state index contributed by atoms with van der Waals surface area (Å²) in [5.74, 6) is 0.0999. The quantitative estimate of drug-likeness (QED) is 0.755. The van der Waals surface area contributed by atoms with Crippen LogP contribution in [0.5, 0.6) is 0 Å². The highest BCUT2D eigenvalue weighted by Crippen LogP contribution is 2.26. The van der Waals surface area contributed by atoms with Crippen molar-refractivity contribution in [1.82, 2.24) is 4.90 Å². The maximum atomic E-state index is 12.9. The van der Waals surface area contributed by atoms with Crippen LogP contribution in [-0.4, -0.2) is 29.8 Å². The van der Waals surface area contributed by atoms with E-state index < -0.39 is 0 Å².